The molecule has 4 heteroatoms. The minimum Gasteiger partial charge on any atom is -0.469 e. The van der Waals surface area contributed by atoms with Gasteiger partial charge < -0.3 is 9.47 Å². The third-order valence-electron chi connectivity index (χ3n) is 3.90. The van der Waals surface area contributed by atoms with E-state index in [1.165, 1.54) is 7.11 Å². The quantitative estimate of drug-likeness (QED) is 0.150. The molecule has 0 spiro atoms. The van der Waals surface area contributed by atoms with Gasteiger partial charge >= 0.3 is 5.97 Å². The highest BCUT2D eigenvalue weighted by Crippen LogP contribution is 2.28. The summed E-state index contributed by atoms with van der Waals surface area (Å²) in [5.74, 6) is -0.160. The Morgan fingerprint density at radius 3 is 2.72 bits per heavy atom. The van der Waals surface area contributed by atoms with Crippen LogP contribution in [0.15, 0.2) is 48.6 Å². The zero-order chi connectivity index (χ0) is 18.3. The van der Waals surface area contributed by atoms with Crippen molar-refractivity contribution in [3.63, 3.8) is 0 Å². The lowest BCUT2D eigenvalue weighted by atomic mass is 10.1. The van der Waals surface area contributed by atoms with Gasteiger partial charge in [-0.3, -0.25) is 4.79 Å². The van der Waals surface area contributed by atoms with Crippen LogP contribution in [0.5, 0.6) is 0 Å². The van der Waals surface area contributed by atoms with Crippen LogP contribution in [-0.2, 0) is 14.3 Å². The second-order valence-electron chi connectivity index (χ2n) is 6.22. The van der Waals surface area contributed by atoms with Gasteiger partial charge in [0.05, 0.1) is 19.4 Å². The molecule has 0 aliphatic carbocycles. The number of unbranched alkanes of at least 4 members (excludes halogenated alkanes) is 1. The maximum absolute atomic E-state index is 12.6. The van der Waals surface area contributed by atoms with Gasteiger partial charge in [0.15, 0.2) is 0 Å². The number of epoxide rings is 1. The molecular weight excluding hydrogens is 319 g/mol. The van der Waals surface area contributed by atoms with Crippen LogP contribution in [0, 0.1) is 0 Å². The second-order valence-corrected chi connectivity index (χ2v) is 6.22. The Hall–Kier alpha value is -1.68. The predicted octanol–water partition coefficient (Wildman–Crippen LogP) is 5.24. The highest BCUT2D eigenvalue weighted by molar-refractivity contribution is 5.68. The maximum atomic E-state index is 12.6. The number of esters is 1. The first-order valence-electron chi connectivity index (χ1n) is 9.14. The summed E-state index contributed by atoms with van der Waals surface area (Å²) in [6.45, 7) is 1.61. The van der Waals surface area contributed by atoms with Crippen molar-refractivity contribution in [3.05, 3.63) is 48.6 Å². The molecule has 3 nitrogen and oxygen atoms in total. The Morgan fingerprint density at radius 2 is 1.96 bits per heavy atom. The molecule has 0 amide bonds. The molecule has 1 fully saturated rings. The average molecular weight is 350 g/mol. The summed E-state index contributed by atoms with van der Waals surface area (Å²) in [4.78, 5) is 11.0. The Bertz CT molecular complexity index is 478. The standard InChI is InChI=1S/C21H31FO3/c1-18(22)14-11-9-7-5-3-4-6-8-10-12-15-19-20(25-19)16-13-17-21(23)24-2/h4-8,10,12,15,18-20H,3,9,11,13-14,16-17H2,1-2H3/b6-4-,7-5-,10-8+,15-12+/t18-,19-,20-/m0/s1. The topological polar surface area (TPSA) is 38.8 Å². The normalized spacial score (nSPS) is 21.7. The molecule has 0 unspecified atom stereocenters. The third-order valence-corrected chi connectivity index (χ3v) is 3.90. The van der Waals surface area contributed by atoms with Crippen molar-refractivity contribution in [1.29, 1.82) is 0 Å². The van der Waals surface area contributed by atoms with Crippen molar-refractivity contribution in [2.24, 2.45) is 0 Å². The van der Waals surface area contributed by atoms with E-state index in [-0.39, 0.29) is 18.2 Å². The van der Waals surface area contributed by atoms with Crippen LogP contribution < -0.4 is 0 Å². The van der Waals surface area contributed by atoms with E-state index < -0.39 is 6.17 Å². The number of rotatable bonds is 13. The highest BCUT2D eigenvalue weighted by Gasteiger charge is 2.35. The molecule has 1 aliphatic heterocycles. The van der Waals surface area contributed by atoms with E-state index in [0.29, 0.717) is 12.8 Å². The van der Waals surface area contributed by atoms with E-state index in [1.54, 1.807) is 6.92 Å². The van der Waals surface area contributed by atoms with Crippen LogP contribution in [0.25, 0.3) is 0 Å². The molecule has 1 aliphatic rings. The molecule has 1 rings (SSSR count). The van der Waals surface area contributed by atoms with Crippen molar-refractivity contribution in [2.75, 3.05) is 7.11 Å². The summed E-state index contributed by atoms with van der Waals surface area (Å²) >= 11 is 0. The summed E-state index contributed by atoms with van der Waals surface area (Å²) in [7, 11) is 1.41. The fourth-order valence-electron chi connectivity index (χ4n) is 2.38. The lowest BCUT2D eigenvalue weighted by molar-refractivity contribution is -0.140. The first kappa shape index (κ1) is 21.4. The molecule has 0 aromatic rings. The largest absolute Gasteiger partial charge is 0.469 e. The van der Waals surface area contributed by atoms with Crippen LogP contribution in [0.4, 0.5) is 4.39 Å². The number of ether oxygens (including phenoxy) is 2. The lowest BCUT2D eigenvalue weighted by Gasteiger charge is -1.96. The summed E-state index contributed by atoms with van der Waals surface area (Å²) in [6, 6.07) is 0. The average Bonchev–Trinajstić information content (AvgIpc) is 3.33. The van der Waals surface area contributed by atoms with Crippen LogP contribution >= 0.6 is 0 Å². The van der Waals surface area contributed by atoms with E-state index in [9.17, 15) is 9.18 Å². The first-order valence-corrected chi connectivity index (χ1v) is 9.14. The third kappa shape index (κ3) is 12.3. The fourth-order valence-corrected chi connectivity index (χ4v) is 2.38. The SMILES string of the molecule is COC(=O)CCC[C@@H]1O[C@H]1/C=C/C=C/C=C\C/C=C\CCC[C@H](C)F. The van der Waals surface area contributed by atoms with Gasteiger partial charge in [-0.05, 0) is 45.4 Å². The molecule has 0 saturated carbocycles. The van der Waals surface area contributed by atoms with E-state index in [4.69, 9.17) is 4.74 Å². The summed E-state index contributed by atoms with van der Waals surface area (Å²) in [5, 5.41) is 0. The van der Waals surface area contributed by atoms with Gasteiger partial charge in [0.1, 0.15) is 6.10 Å². The number of hydrogen-bond donors (Lipinski definition) is 0. The molecule has 1 saturated heterocycles. The maximum Gasteiger partial charge on any atom is 0.305 e. The zero-order valence-corrected chi connectivity index (χ0v) is 15.4. The summed E-state index contributed by atoms with van der Waals surface area (Å²) in [5.41, 5.74) is 0. The van der Waals surface area contributed by atoms with Gasteiger partial charge in [-0.2, -0.15) is 0 Å². The van der Waals surface area contributed by atoms with Crippen molar-refractivity contribution < 1.29 is 18.7 Å². The number of allylic oxidation sites excluding steroid dienone is 7. The molecular formula is C21H31FO3. The molecule has 25 heavy (non-hydrogen) atoms. The Morgan fingerprint density at radius 1 is 1.16 bits per heavy atom. The monoisotopic (exact) mass is 350 g/mol. The van der Waals surface area contributed by atoms with Crippen LogP contribution in [0.1, 0.15) is 51.9 Å². The molecule has 0 aromatic carbocycles. The molecule has 0 bridgehead atoms. The number of halogens is 1. The number of methoxy groups -OCH3 is 1. The number of carbonyl (C=O) groups is 1. The van der Waals surface area contributed by atoms with E-state index in [1.807, 2.05) is 30.4 Å². The van der Waals surface area contributed by atoms with Crippen molar-refractivity contribution >= 4 is 5.97 Å². The van der Waals surface area contributed by atoms with Crippen LogP contribution in [-0.4, -0.2) is 31.5 Å². The molecule has 1 heterocycles. The van der Waals surface area contributed by atoms with Gasteiger partial charge in [0.25, 0.3) is 0 Å². The van der Waals surface area contributed by atoms with Gasteiger partial charge in [-0.25, -0.2) is 4.39 Å². The lowest BCUT2D eigenvalue weighted by Crippen LogP contribution is -2.01. The van der Waals surface area contributed by atoms with Crippen molar-refractivity contribution in [1.82, 2.24) is 0 Å². The predicted molar refractivity (Wildman–Crippen MR) is 100 cm³/mol. The Labute approximate surface area is 151 Å². The Kier molecular flexibility index (Phi) is 11.6. The fraction of sp³-hybridized carbons (Fsp3) is 0.571. The molecule has 0 aromatic heterocycles. The number of hydrogen-bond acceptors (Lipinski definition) is 3. The molecule has 140 valence electrons. The minimum absolute atomic E-state index is 0.160. The van der Waals surface area contributed by atoms with Gasteiger partial charge in [-0.15, -0.1) is 0 Å². The highest BCUT2D eigenvalue weighted by atomic mass is 19.1. The first-order chi connectivity index (χ1) is 12.1. The number of alkyl halides is 1. The molecule has 3 atom stereocenters. The van der Waals surface area contributed by atoms with Gasteiger partial charge in [0.2, 0.25) is 0 Å². The van der Waals surface area contributed by atoms with E-state index >= 15 is 0 Å². The Balaban J connectivity index is 2.00. The minimum atomic E-state index is -0.692. The van der Waals surface area contributed by atoms with E-state index in [0.717, 1.165) is 32.1 Å². The number of carbonyl (C=O) groups excluding carboxylic acids is 1. The van der Waals surface area contributed by atoms with Crippen molar-refractivity contribution in [3.8, 4) is 0 Å². The van der Waals surface area contributed by atoms with Crippen LogP contribution in [0.2, 0.25) is 0 Å². The smallest absolute Gasteiger partial charge is 0.305 e. The molecule has 0 radical (unpaired) electrons. The van der Waals surface area contributed by atoms with Crippen LogP contribution in [0.3, 0.4) is 0 Å². The zero-order valence-electron chi connectivity index (χ0n) is 15.4. The van der Waals surface area contributed by atoms with Gasteiger partial charge in [0, 0.05) is 6.42 Å². The molecule has 0 N–H and O–H groups in total. The van der Waals surface area contributed by atoms with Gasteiger partial charge in [-0.1, -0.05) is 48.6 Å². The second kappa shape index (κ2) is 13.6. The summed E-state index contributed by atoms with van der Waals surface area (Å²) < 4.78 is 22.7. The van der Waals surface area contributed by atoms with E-state index in [2.05, 4.69) is 23.0 Å². The summed E-state index contributed by atoms with van der Waals surface area (Å²) in [6.07, 6.45) is 21.6. The van der Waals surface area contributed by atoms with Crippen molar-refractivity contribution in [2.45, 2.75) is 70.2 Å².